The molecule has 0 saturated heterocycles. The van der Waals surface area contributed by atoms with E-state index in [2.05, 4.69) is 90.9 Å². The van der Waals surface area contributed by atoms with Crippen molar-refractivity contribution in [3.8, 4) is 28.3 Å². The number of hydrogen-bond acceptors (Lipinski definition) is 3. The molecule has 0 atom stereocenters. The summed E-state index contributed by atoms with van der Waals surface area (Å²) in [6.45, 7) is 6.37. The van der Waals surface area contributed by atoms with E-state index in [0.717, 1.165) is 67.5 Å². The van der Waals surface area contributed by atoms with Crippen LogP contribution in [0.25, 0.3) is 78.2 Å². The molecule has 0 fully saturated rings. The highest BCUT2D eigenvalue weighted by Gasteiger charge is 2.19. The molecule has 3 heterocycles. The van der Waals surface area contributed by atoms with Gasteiger partial charge in [-0.2, -0.15) is 0 Å². The monoisotopic (exact) mass is 541 g/mol. The van der Waals surface area contributed by atoms with Crippen LogP contribution in [0, 0.1) is 0 Å². The molecule has 0 bridgehead atoms. The highest BCUT2D eigenvalue weighted by Crippen LogP contribution is 2.38. The minimum atomic E-state index is 0.648. The molecule has 0 unspecified atom stereocenters. The van der Waals surface area contributed by atoms with E-state index in [1.54, 1.807) is 0 Å². The van der Waals surface area contributed by atoms with Crippen LogP contribution >= 0.6 is 0 Å². The molecule has 0 aliphatic carbocycles. The largest absolute Gasteiger partial charge is 0.455 e. The molecule has 3 aromatic heterocycles. The minimum absolute atomic E-state index is 0.648. The van der Waals surface area contributed by atoms with E-state index in [1.165, 1.54) is 16.5 Å². The first-order chi connectivity index (χ1) is 20.7. The molecule has 0 N–H and O–H groups in total. The van der Waals surface area contributed by atoms with E-state index in [0.29, 0.717) is 5.82 Å². The Morgan fingerprint density at radius 2 is 1.50 bits per heavy atom. The van der Waals surface area contributed by atoms with Crippen molar-refractivity contribution < 1.29 is 4.42 Å². The van der Waals surface area contributed by atoms with Gasteiger partial charge in [-0.25, -0.2) is 9.97 Å². The Balaban J connectivity index is 1.36. The zero-order chi connectivity index (χ0) is 28.2. The van der Waals surface area contributed by atoms with Gasteiger partial charge in [0.2, 0.25) is 0 Å². The Bertz CT molecular complexity index is 2310. The quantitative estimate of drug-likeness (QED) is 0.218. The van der Waals surface area contributed by atoms with Crippen LogP contribution in [0.3, 0.4) is 0 Å². The van der Waals surface area contributed by atoms with Crippen LogP contribution in [0.5, 0.6) is 0 Å². The van der Waals surface area contributed by atoms with Gasteiger partial charge in [0.25, 0.3) is 0 Å². The lowest BCUT2D eigenvalue weighted by Crippen LogP contribution is -1.97. The Morgan fingerprint density at radius 3 is 2.33 bits per heavy atom. The van der Waals surface area contributed by atoms with Gasteiger partial charge in [-0.15, -0.1) is 0 Å². The van der Waals surface area contributed by atoms with Crippen LogP contribution in [0.2, 0.25) is 0 Å². The second kappa shape index (κ2) is 9.57. The standard InChI is InChI=1S/C38H27N3O/c1-3-26-27-15-9-11-20-34(27)41(33(26)4-2)25-21-22-35-31(23-25)28-17-12-18-30(37(28)42-35)38-39-32-19-10-8-16-29(32)36(40-38)24-13-6-5-7-14-24/h4-23H,2-3H2,1H3. The third kappa shape index (κ3) is 3.62. The second-order valence-electron chi connectivity index (χ2n) is 10.5. The summed E-state index contributed by atoms with van der Waals surface area (Å²) in [4.78, 5) is 10.1. The third-order valence-corrected chi connectivity index (χ3v) is 8.20. The third-order valence-electron chi connectivity index (χ3n) is 8.20. The molecular weight excluding hydrogens is 514 g/mol. The van der Waals surface area contributed by atoms with Gasteiger partial charge in [0.1, 0.15) is 11.2 Å². The normalized spacial score (nSPS) is 11.6. The van der Waals surface area contributed by atoms with Crippen LogP contribution in [-0.4, -0.2) is 14.5 Å². The number of rotatable bonds is 5. The number of hydrogen-bond donors (Lipinski definition) is 0. The van der Waals surface area contributed by atoms with E-state index >= 15 is 0 Å². The Morgan fingerprint density at radius 1 is 0.738 bits per heavy atom. The molecule has 0 radical (unpaired) electrons. The lowest BCUT2D eigenvalue weighted by atomic mass is 10.0. The summed E-state index contributed by atoms with van der Waals surface area (Å²) in [7, 11) is 0. The van der Waals surface area contributed by atoms with Crippen LogP contribution in [-0.2, 0) is 6.42 Å². The van der Waals surface area contributed by atoms with E-state index in [1.807, 2.05) is 48.5 Å². The first kappa shape index (κ1) is 24.3. The summed E-state index contributed by atoms with van der Waals surface area (Å²) in [5.74, 6) is 0.648. The molecule has 5 aromatic carbocycles. The Kier molecular flexibility index (Phi) is 5.54. The molecule has 0 spiro atoms. The van der Waals surface area contributed by atoms with E-state index < -0.39 is 0 Å². The topological polar surface area (TPSA) is 43.9 Å². The molecular formula is C38H27N3O. The van der Waals surface area contributed by atoms with Crippen molar-refractivity contribution >= 4 is 49.8 Å². The van der Waals surface area contributed by atoms with Gasteiger partial charge in [0.05, 0.1) is 22.3 Å². The minimum Gasteiger partial charge on any atom is -0.455 e. The van der Waals surface area contributed by atoms with Crippen molar-refractivity contribution in [2.75, 3.05) is 0 Å². The fraction of sp³-hybridized carbons (Fsp3) is 0.0526. The van der Waals surface area contributed by atoms with Crippen LogP contribution in [0.4, 0.5) is 0 Å². The molecule has 0 amide bonds. The van der Waals surface area contributed by atoms with Crippen molar-refractivity contribution in [2.45, 2.75) is 13.3 Å². The molecule has 8 aromatic rings. The van der Waals surface area contributed by atoms with Gasteiger partial charge in [-0.3, -0.25) is 0 Å². The maximum atomic E-state index is 6.55. The SMILES string of the molecule is C=Cc1c(CC)c2ccccc2n1-c1ccc2oc3c(-c4nc(-c5ccccc5)c5ccccc5n4)cccc3c2c1. The number of benzene rings is 5. The molecule has 4 heteroatoms. The highest BCUT2D eigenvalue weighted by atomic mass is 16.3. The molecule has 8 rings (SSSR count). The molecule has 0 aliphatic heterocycles. The summed E-state index contributed by atoms with van der Waals surface area (Å²) in [6, 6.07) is 39.7. The maximum absolute atomic E-state index is 6.55. The summed E-state index contributed by atoms with van der Waals surface area (Å²) < 4.78 is 8.85. The second-order valence-corrected chi connectivity index (χ2v) is 10.5. The Labute approximate surface area is 243 Å². The van der Waals surface area contributed by atoms with Gasteiger partial charge in [0, 0.05) is 38.5 Å². The predicted molar refractivity (Wildman–Crippen MR) is 174 cm³/mol. The van der Waals surface area contributed by atoms with Gasteiger partial charge < -0.3 is 8.98 Å². The summed E-state index contributed by atoms with van der Waals surface area (Å²) in [5, 5.41) is 4.38. The maximum Gasteiger partial charge on any atom is 0.164 e. The first-order valence-electron chi connectivity index (χ1n) is 14.3. The number of nitrogens with zero attached hydrogens (tertiary/aromatic N) is 3. The van der Waals surface area contributed by atoms with Gasteiger partial charge in [-0.05, 0) is 54.5 Å². The van der Waals surface area contributed by atoms with Gasteiger partial charge in [-0.1, -0.05) is 92.4 Å². The van der Waals surface area contributed by atoms with Gasteiger partial charge in [0.15, 0.2) is 5.82 Å². The number of furan rings is 1. The molecule has 0 aliphatic rings. The van der Waals surface area contributed by atoms with E-state index in [-0.39, 0.29) is 0 Å². The van der Waals surface area contributed by atoms with Gasteiger partial charge >= 0.3 is 0 Å². The lowest BCUT2D eigenvalue weighted by molar-refractivity contribution is 0.669. The first-order valence-corrected chi connectivity index (χ1v) is 14.3. The smallest absolute Gasteiger partial charge is 0.164 e. The number of aryl methyl sites for hydroxylation is 1. The number of para-hydroxylation sites is 3. The predicted octanol–water partition coefficient (Wildman–Crippen LogP) is 10.0. The van der Waals surface area contributed by atoms with Crippen molar-refractivity contribution in [1.29, 1.82) is 0 Å². The average molecular weight is 542 g/mol. The molecule has 0 saturated carbocycles. The van der Waals surface area contributed by atoms with Crippen LogP contribution in [0.1, 0.15) is 18.2 Å². The summed E-state index contributed by atoms with van der Waals surface area (Å²) >= 11 is 0. The molecule has 4 nitrogen and oxygen atoms in total. The van der Waals surface area contributed by atoms with Crippen molar-refractivity contribution in [3.63, 3.8) is 0 Å². The summed E-state index contributed by atoms with van der Waals surface area (Å²) in [6.07, 6.45) is 2.90. The van der Waals surface area contributed by atoms with E-state index in [4.69, 9.17) is 14.4 Å². The Hall–Kier alpha value is -5.48. The van der Waals surface area contributed by atoms with Crippen LogP contribution in [0.15, 0.2) is 126 Å². The van der Waals surface area contributed by atoms with Crippen LogP contribution < -0.4 is 0 Å². The lowest BCUT2D eigenvalue weighted by Gasteiger charge is -2.10. The van der Waals surface area contributed by atoms with Crippen molar-refractivity contribution in [2.24, 2.45) is 0 Å². The fourth-order valence-electron chi connectivity index (χ4n) is 6.31. The summed E-state index contributed by atoms with van der Waals surface area (Å²) in [5.41, 5.74) is 10.1. The number of aromatic nitrogens is 3. The average Bonchev–Trinajstić information content (AvgIpc) is 3.59. The van der Waals surface area contributed by atoms with Crippen molar-refractivity contribution in [1.82, 2.24) is 14.5 Å². The zero-order valence-electron chi connectivity index (χ0n) is 23.2. The molecule has 42 heavy (non-hydrogen) atoms. The molecule has 200 valence electrons. The highest BCUT2D eigenvalue weighted by molar-refractivity contribution is 6.10. The zero-order valence-corrected chi connectivity index (χ0v) is 23.2. The van der Waals surface area contributed by atoms with E-state index in [9.17, 15) is 0 Å². The van der Waals surface area contributed by atoms with Crippen molar-refractivity contribution in [3.05, 3.63) is 133 Å². The fourth-order valence-corrected chi connectivity index (χ4v) is 6.31. The number of fused-ring (bicyclic) bond motifs is 5.